The number of hydrogen-bond acceptors (Lipinski definition) is 7. The van der Waals surface area contributed by atoms with Gasteiger partial charge < -0.3 is 15.2 Å². The summed E-state index contributed by atoms with van der Waals surface area (Å²) in [5, 5.41) is 13.2. The SMILES string of the molecule is O=C(NCCCc1nc2ccccc2[nH]1)C1CCN(c2nnc(N3CCCCC3=O)s2)CC1. The summed E-state index contributed by atoms with van der Waals surface area (Å²) < 4.78 is 0. The summed E-state index contributed by atoms with van der Waals surface area (Å²) in [5.41, 5.74) is 2.03. The lowest BCUT2D eigenvalue weighted by atomic mass is 9.96. The predicted molar refractivity (Wildman–Crippen MR) is 128 cm³/mol. The third-order valence-electron chi connectivity index (χ3n) is 6.42. The van der Waals surface area contributed by atoms with E-state index in [1.165, 1.54) is 11.3 Å². The summed E-state index contributed by atoms with van der Waals surface area (Å²) in [6, 6.07) is 8.00. The number of piperidine rings is 2. The van der Waals surface area contributed by atoms with Crippen molar-refractivity contribution in [2.45, 2.75) is 44.9 Å². The molecular weight excluding hydrogens is 438 g/mol. The summed E-state index contributed by atoms with van der Waals surface area (Å²) in [4.78, 5) is 36.6. The van der Waals surface area contributed by atoms with E-state index >= 15 is 0 Å². The number of nitrogens with one attached hydrogen (secondary N) is 2. The number of anilines is 2. The van der Waals surface area contributed by atoms with Crippen molar-refractivity contribution in [2.75, 3.05) is 36.0 Å². The Kier molecular flexibility index (Phi) is 6.52. The number of imidazole rings is 1. The maximum Gasteiger partial charge on any atom is 0.228 e. The molecule has 3 aromatic rings. The van der Waals surface area contributed by atoms with Gasteiger partial charge in [-0.05, 0) is 44.2 Å². The molecule has 2 aliphatic heterocycles. The number of hydrogen-bond donors (Lipinski definition) is 2. The van der Waals surface area contributed by atoms with Crippen LogP contribution in [0, 0.1) is 5.92 Å². The fourth-order valence-electron chi connectivity index (χ4n) is 4.52. The summed E-state index contributed by atoms with van der Waals surface area (Å²) in [5.74, 6) is 1.26. The van der Waals surface area contributed by atoms with Crippen LogP contribution in [0.4, 0.5) is 10.3 Å². The van der Waals surface area contributed by atoms with Gasteiger partial charge in [-0.2, -0.15) is 0 Å². The number of nitrogens with zero attached hydrogens (tertiary/aromatic N) is 5. The van der Waals surface area contributed by atoms with Gasteiger partial charge in [0, 0.05) is 44.9 Å². The number of carbonyl (C=O) groups excluding carboxylic acids is 2. The highest BCUT2D eigenvalue weighted by Crippen LogP contribution is 2.31. The Morgan fingerprint density at radius 1 is 1.12 bits per heavy atom. The maximum atomic E-state index is 12.6. The minimum atomic E-state index is 0.0310. The van der Waals surface area contributed by atoms with Crippen LogP contribution < -0.4 is 15.1 Å². The molecule has 1 aromatic carbocycles. The van der Waals surface area contributed by atoms with Gasteiger partial charge in [0.1, 0.15) is 5.82 Å². The summed E-state index contributed by atoms with van der Waals surface area (Å²) in [7, 11) is 0. The van der Waals surface area contributed by atoms with Crippen LogP contribution in [0.1, 0.15) is 44.3 Å². The first-order valence-corrected chi connectivity index (χ1v) is 12.6. The number of benzene rings is 1. The second-order valence-corrected chi connectivity index (χ2v) is 9.66. The molecule has 0 radical (unpaired) electrons. The zero-order valence-electron chi connectivity index (χ0n) is 18.6. The lowest BCUT2D eigenvalue weighted by molar-refractivity contribution is -0.125. The largest absolute Gasteiger partial charge is 0.356 e. The van der Waals surface area contributed by atoms with E-state index in [9.17, 15) is 9.59 Å². The molecule has 2 aromatic heterocycles. The minimum Gasteiger partial charge on any atom is -0.356 e. The van der Waals surface area contributed by atoms with E-state index in [4.69, 9.17) is 0 Å². The van der Waals surface area contributed by atoms with Gasteiger partial charge in [-0.1, -0.05) is 23.5 Å². The Balaban J connectivity index is 1.05. The topological polar surface area (TPSA) is 107 Å². The van der Waals surface area contributed by atoms with Gasteiger partial charge in [0.15, 0.2) is 0 Å². The second-order valence-electron chi connectivity index (χ2n) is 8.73. The van der Waals surface area contributed by atoms with E-state index in [0.29, 0.717) is 18.1 Å². The second kappa shape index (κ2) is 9.86. The van der Waals surface area contributed by atoms with E-state index in [0.717, 1.165) is 80.1 Å². The molecule has 5 rings (SSSR count). The number of aromatic nitrogens is 4. The van der Waals surface area contributed by atoms with Gasteiger partial charge in [-0.25, -0.2) is 4.98 Å². The molecule has 0 unspecified atom stereocenters. The van der Waals surface area contributed by atoms with Crippen molar-refractivity contribution in [2.24, 2.45) is 5.92 Å². The number of rotatable bonds is 7. The molecule has 9 nitrogen and oxygen atoms in total. The molecule has 0 spiro atoms. The van der Waals surface area contributed by atoms with Crippen LogP contribution in [-0.4, -0.2) is 58.2 Å². The number of H-pyrrole nitrogens is 1. The van der Waals surface area contributed by atoms with Crippen molar-refractivity contribution in [3.8, 4) is 0 Å². The van der Waals surface area contributed by atoms with Crippen LogP contribution in [0.3, 0.4) is 0 Å². The van der Waals surface area contributed by atoms with Gasteiger partial charge in [0.2, 0.25) is 22.1 Å². The lowest BCUT2D eigenvalue weighted by Crippen LogP contribution is -2.40. The van der Waals surface area contributed by atoms with E-state index in [-0.39, 0.29) is 17.7 Å². The minimum absolute atomic E-state index is 0.0310. The van der Waals surface area contributed by atoms with Crippen molar-refractivity contribution in [1.29, 1.82) is 0 Å². The molecule has 33 heavy (non-hydrogen) atoms. The Hall–Kier alpha value is -3.01. The standard InChI is InChI=1S/C23H29N7O2S/c31-20-9-3-4-13-30(20)23-28-27-22(33-23)29-14-10-16(11-15-29)21(32)24-12-5-8-19-25-17-6-1-2-7-18(17)26-19/h1-2,6-7,16H,3-5,8-15H2,(H,24,32)(H,25,26). The average Bonchev–Trinajstić information content (AvgIpc) is 3.49. The first-order valence-electron chi connectivity index (χ1n) is 11.8. The molecule has 2 aliphatic rings. The molecule has 10 heteroatoms. The van der Waals surface area contributed by atoms with E-state index in [2.05, 4.69) is 30.4 Å². The van der Waals surface area contributed by atoms with E-state index in [1.54, 1.807) is 4.90 Å². The van der Waals surface area contributed by atoms with Crippen molar-refractivity contribution in [3.63, 3.8) is 0 Å². The smallest absolute Gasteiger partial charge is 0.228 e. The van der Waals surface area contributed by atoms with E-state index < -0.39 is 0 Å². The predicted octanol–water partition coefficient (Wildman–Crippen LogP) is 2.90. The number of para-hydroxylation sites is 2. The van der Waals surface area contributed by atoms with Crippen molar-refractivity contribution >= 4 is 44.4 Å². The number of amides is 2. The third kappa shape index (κ3) is 5.00. The highest BCUT2D eigenvalue weighted by atomic mass is 32.1. The highest BCUT2D eigenvalue weighted by Gasteiger charge is 2.28. The molecule has 4 heterocycles. The van der Waals surface area contributed by atoms with Crippen LogP contribution in [-0.2, 0) is 16.0 Å². The van der Waals surface area contributed by atoms with Gasteiger partial charge in [0.25, 0.3) is 0 Å². The zero-order valence-corrected chi connectivity index (χ0v) is 19.4. The summed E-state index contributed by atoms with van der Waals surface area (Å²) >= 11 is 1.47. The highest BCUT2D eigenvalue weighted by molar-refractivity contribution is 7.19. The fraction of sp³-hybridized carbons (Fsp3) is 0.522. The molecule has 2 fully saturated rings. The van der Waals surface area contributed by atoms with Crippen LogP contribution >= 0.6 is 11.3 Å². The Morgan fingerprint density at radius 2 is 1.94 bits per heavy atom. The normalized spacial score (nSPS) is 17.6. The number of carbonyl (C=O) groups is 2. The number of fused-ring (bicyclic) bond motifs is 1. The third-order valence-corrected chi connectivity index (χ3v) is 7.43. The van der Waals surface area contributed by atoms with Crippen LogP contribution in [0.5, 0.6) is 0 Å². The van der Waals surface area contributed by atoms with Gasteiger partial charge >= 0.3 is 0 Å². The van der Waals surface area contributed by atoms with Crippen LogP contribution in [0.15, 0.2) is 24.3 Å². The monoisotopic (exact) mass is 467 g/mol. The number of aryl methyl sites for hydroxylation is 1. The zero-order chi connectivity index (χ0) is 22.6. The van der Waals surface area contributed by atoms with E-state index in [1.807, 2.05) is 24.3 Å². The maximum absolute atomic E-state index is 12.6. The van der Waals surface area contributed by atoms with Gasteiger partial charge in [0.05, 0.1) is 11.0 Å². The van der Waals surface area contributed by atoms with Crippen molar-refractivity contribution in [1.82, 2.24) is 25.5 Å². The fourth-order valence-corrected chi connectivity index (χ4v) is 5.46. The first-order chi connectivity index (χ1) is 16.2. The Morgan fingerprint density at radius 3 is 2.76 bits per heavy atom. The molecule has 2 N–H and O–H groups in total. The Bertz CT molecular complexity index is 1090. The summed E-state index contributed by atoms with van der Waals surface area (Å²) in [6.07, 6.45) is 5.82. The molecule has 2 saturated heterocycles. The lowest BCUT2D eigenvalue weighted by Gasteiger charge is -2.30. The molecule has 0 bridgehead atoms. The molecule has 0 atom stereocenters. The first kappa shape index (κ1) is 21.8. The molecule has 174 valence electrons. The molecule has 0 saturated carbocycles. The molecule has 0 aliphatic carbocycles. The molecular formula is C23H29N7O2S. The number of aromatic amines is 1. The quantitative estimate of drug-likeness (QED) is 0.518. The summed E-state index contributed by atoms with van der Waals surface area (Å²) in [6.45, 7) is 2.94. The van der Waals surface area contributed by atoms with Gasteiger partial charge in [-0.15, -0.1) is 10.2 Å². The Labute approximate surface area is 196 Å². The van der Waals surface area contributed by atoms with Crippen LogP contribution in [0.25, 0.3) is 11.0 Å². The van der Waals surface area contributed by atoms with Crippen molar-refractivity contribution < 1.29 is 9.59 Å². The average molecular weight is 468 g/mol. The van der Waals surface area contributed by atoms with Crippen molar-refractivity contribution in [3.05, 3.63) is 30.1 Å². The molecule has 2 amide bonds. The van der Waals surface area contributed by atoms with Gasteiger partial charge in [-0.3, -0.25) is 14.5 Å². The van der Waals surface area contributed by atoms with Crippen LogP contribution in [0.2, 0.25) is 0 Å².